The number of carbonyl (C=O) groups excluding carboxylic acids is 1. The van der Waals surface area contributed by atoms with E-state index in [4.69, 9.17) is 5.11 Å². The Balaban J connectivity index is 2.31. The molecule has 4 nitrogen and oxygen atoms in total. The zero-order chi connectivity index (χ0) is 13.4. The average Bonchev–Trinajstić information content (AvgIpc) is 2.31. The predicted molar refractivity (Wildman–Crippen MR) is 69.4 cm³/mol. The van der Waals surface area contributed by atoms with E-state index in [0.29, 0.717) is 6.54 Å². The molecule has 18 heavy (non-hydrogen) atoms. The summed E-state index contributed by atoms with van der Waals surface area (Å²) in [5, 5.41) is 11.0. The maximum absolute atomic E-state index is 11.1. The molecular weight excluding hydrogens is 230 g/mol. The van der Waals surface area contributed by atoms with E-state index in [9.17, 15) is 9.59 Å². The summed E-state index contributed by atoms with van der Waals surface area (Å²) < 4.78 is 0. The van der Waals surface area contributed by atoms with E-state index < -0.39 is 18.3 Å². The average molecular weight is 249 g/mol. The number of carboxylic acids is 1. The van der Waals surface area contributed by atoms with Gasteiger partial charge in [-0.25, -0.2) is 0 Å². The smallest absolute Gasteiger partial charge is 0.312 e. The number of hydrogen-bond donors (Lipinski definition) is 2. The molecule has 1 aromatic carbocycles. The van der Waals surface area contributed by atoms with Gasteiger partial charge in [-0.3, -0.25) is 9.59 Å². The summed E-state index contributed by atoms with van der Waals surface area (Å²) in [6, 6.07) is 8.29. The Labute approximate surface area is 107 Å². The Kier molecular flexibility index (Phi) is 5.91. The van der Waals surface area contributed by atoms with Crippen LogP contribution < -0.4 is 5.32 Å². The van der Waals surface area contributed by atoms with Gasteiger partial charge in [-0.15, -0.1) is 0 Å². The van der Waals surface area contributed by atoms with Crippen LogP contribution in [0, 0.1) is 0 Å². The summed E-state index contributed by atoms with van der Waals surface area (Å²) in [6.07, 6.45) is 2.47. The second kappa shape index (κ2) is 7.48. The molecule has 0 aliphatic heterocycles. The summed E-state index contributed by atoms with van der Waals surface area (Å²) in [6.45, 7) is 2.62. The van der Waals surface area contributed by atoms with Gasteiger partial charge in [0.05, 0.1) is 0 Å². The van der Waals surface area contributed by atoms with E-state index >= 15 is 0 Å². The Morgan fingerprint density at radius 2 is 1.67 bits per heavy atom. The minimum atomic E-state index is -1.10. The molecule has 2 N–H and O–H groups in total. The van der Waals surface area contributed by atoms with E-state index in [-0.39, 0.29) is 0 Å². The zero-order valence-corrected chi connectivity index (χ0v) is 10.6. The van der Waals surface area contributed by atoms with Crippen molar-refractivity contribution in [3.63, 3.8) is 0 Å². The summed E-state index contributed by atoms with van der Waals surface area (Å²) in [5.74, 6) is -1.54. The van der Waals surface area contributed by atoms with E-state index in [2.05, 4.69) is 24.4 Å². The number of rotatable bonds is 7. The maximum Gasteiger partial charge on any atom is 0.312 e. The molecule has 0 saturated carbocycles. The normalized spacial score (nSPS) is 10.1. The van der Waals surface area contributed by atoms with Crippen LogP contribution in [0.15, 0.2) is 24.3 Å². The number of nitrogens with one attached hydrogen (secondary N) is 1. The molecule has 0 heterocycles. The molecule has 0 radical (unpaired) electrons. The molecular formula is C14H19NO3. The molecule has 0 aliphatic carbocycles. The molecule has 1 rings (SSSR count). The first-order valence-corrected chi connectivity index (χ1v) is 6.18. The molecule has 98 valence electrons. The Morgan fingerprint density at radius 3 is 2.17 bits per heavy atom. The zero-order valence-electron chi connectivity index (χ0n) is 10.6. The standard InChI is InChI=1S/C14H19NO3/c1-2-3-11-4-6-12(7-5-11)8-9-15-13(16)10-14(17)18/h4-7H,2-3,8-10H2,1H3,(H,15,16)(H,17,18). The minimum absolute atomic E-state index is 0.440. The predicted octanol–water partition coefficient (Wildman–Crippen LogP) is 1.77. The van der Waals surface area contributed by atoms with Gasteiger partial charge < -0.3 is 10.4 Å². The van der Waals surface area contributed by atoms with Gasteiger partial charge in [0.2, 0.25) is 5.91 Å². The SMILES string of the molecule is CCCc1ccc(CCNC(=O)CC(=O)O)cc1. The van der Waals surface area contributed by atoms with Crippen molar-refractivity contribution in [1.29, 1.82) is 0 Å². The van der Waals surface area contributed by atoms with Crippen molar-refractivity contribution >= 4 is 11.9 Å². The highest BCUT2D eigenvalue weighted by molar-refractivity contribution is 5.93. The lowest BCUT2D eigenvalue weighted by Gasteiger charge is -2.05. The first kappa shape index (κ1) is 14.2. The number of aliphatic carboxylic acids is 1. The van der Waals surface area contributed by atoms with Gasteiger partial charge in [-0.1, -0.05) is 37.6 Å². The largest absolute Gasteiger partial charge is 0.481 e. The van der Waals surface area contributed by atoms with Gasteiger partial charge >= 0.3 is 5.97 Å². The molecule has 4 heteroatoms. The van der Waals surface area contributed by atoms with E-state index in [1.807, 2.05) is 12.1 Å². The monoisotopic (exact) mass is 249 g/mol. The van der Waals surface area contributed by atoms with Crippen molar-refractivity contribution in [1.82, 2.24) is 5.32 Å². The van der Waals surface area contributed by atoms with Crippen molar-refractivity contribution in [2.24, 2.45) is 0 Å². The number of amides is 1. The van der Waals surface area contributed by atoms with Gasteiger partial charge in [0.15, 0.2) is 0 Å². The van der Waals surface area contributed by atoms with Crippen LogP contribution in [0.1, 0.15) is 30.9 Å². The van der Waals surface area contributed by atoms with E-state index in [0.717, 1.165) is 24.8 Å². The van der Waals surface area contributed by atoms with Crippen LogP contribution in [0.4, 0.5) is 0 Å². The fraction of sp³-hybridized carbons (Fsp3) is 0.429. The highest BCUT2D eigenvalue weighted by Gasteiger charge is 2.06. The van der Waals surface area contributed by atoms with Crippen LogP contribution in [-0.4, -0.2) is 23.5 Å². The first-order chi connectivity index (χ1) is 8.61. The molecule has 0 saturated heterocycles. The van der Waals surface area contributed by atoms with Crippen LogP contribution in [0.25, 0.3) is 0 Å². The minimum Gasteiger partial charge on any atom is -0.481 e. The van der Waals surface area contributed by atoms with Gasteiger partial charge in [0, 0.05) is 6.54 Å². The molecule has 1 aromatic rings. The summed E-state index contributed by atoms with van der Waals surface area (Å²) in [5.41, 5.74) is 2.46. The van der Waals surface area contributed by atoms with Crippen LogP contribution in [0.2, 0.25) is 0 Å². The second-order valence-electron chi connectivity index (χ2n) is 4.24. The molecule has 0 bridgehead atoms. The molecule has 0 aliphatic rings. The molecule has 0 atom stereocenters. The summed E-state index contributed by atoms with van der Waals surface area (Å²) >= 11 is 0. The Hall–Kier alpha value is -1.84. The maximum atomic E-state index is 11.1. The van der Waals surface area contributed by atoms with Crippen molar-refractivity contribution < 1.29 is 14.7 Å². The number of hydrogen-bond acceptors (Lipinski definition) is 2. The number of benzene rings is 1. The van der Waals surface area contributed by atoms with Crippen molar-refractivity contribution in [2.45, 2.75) is 32.6 Å². The molecule has 0 unspecified atom stereocenters. The fourth-order valence-electron chi connectivity index (χ4n) is 1.71. The highest BCUT2D eigenvalue weighted by atomic mass is 16.4. The fourth-order valence-corrected chi connectivity index (χ4v) is 1.71. The van der Waals surface area contributed by atoms with Gasteiger partial charge in [-0.2, -0.15) is 0 Å². The molecule has 0 spiro atoms. The van der Waals surface area contributed by atoms with E-state index in [1.165, 1.54) is 5.56 Å². The first-order valence-electron chi connectivity index (χ1n) is 6.18. The molecule has 0 aromatic heterocycles. The third kappa shape index (κ3) is 5.48. The summed E-state index contributed by atoms with van der Waals surface area (Å²) in [4.78, 5) is 21.4. The third-order valence-electron chi connectivity index (χ3n) is 2.61. The number of carboxylic acid groups (broad SMARTS) is 1. The molecule has 1 amide bonds. The molecule has 0 fully saturated rings. The van der Waals surface area contributed by atoms with Crippen LogP contribution in [0.3, 0.4) is 0 Å². The lowest BCUT2D eigenvalue weighted by molar-refractivity contribution is -0.140. The third-order valence-corrected chi connectivity index (χ3v) is 2.61. The topological polar surface area (TPSA) is 66.4 Å². The quantitative estimate of drug-likeness (QED) is 0.724. The summed E-state index contributed by atoms with van der Waals surface area (Å²) in [7, 11) is 0. The van der Waals surface area contributed by atoms with Crippen molar-refractivity contribution in [2.75, 3.05) is 6.54 Å². The number of carbonyl (C=O) groups is 2. The number of aryl methyl sites for hydroxylation is 1. The Morgan fingerprint density at radius 1 is 1.11 bits per heavy atom. The van der Waals surface area contributed by atoms with Gasteiger partial charge in [0.1, 0.15) is 6.42 Å². The van der Waals surface area contributed by atoms with Gasteiger partial charge in [0.25, 0.3) is 0 Å². The lowest BCUT2D eigenvalue weighted by Crippen LogP contribution is -2.27. The highest BCUT2D eigenvalue weighted by Crippen LogP contribution is 2.06. The van der Waals surface area contributed by atoms with Crippen molar-refractivity contribution in [3.05, 3.63) is 35.4 Å². The van der Waals surface area contributed by atoms with Crippen molar-refractivity contribution in [3.8, 4) is 0 Å². The van der Waals surface area contributed by atoms with Crippen LogP contribution in [-0.2, 0) is 22.4 Å². The Bertz CT molecular complexity index is 398. The van der Waals surface area contributed by atoms with E-state index in [1.54, 1.807) is 0 Å². The van der Waals surface area contributed by atoms with Gasteiger partial charge in [-0.05, 0) is 24.0 Å². The lowest BCUT2D eigenvalue weighted by atomic mass is 10.1. The second-order valence-corrected chi connectivity index (χ2v) is 4.24. The van der Waals surface area contributed by atoms with Crippen LogP contribution >= 0.6 is 0 Å². The van der Waals surface area contributed by atoms with Crippen LogP contribution in [0.5, 0.6) is 0 Å².